The maximum absolute atomic E-state index is 13.0. The number of carboxylic acids is 1. The molecular formula is C15H11ClFNO3. The summed E-state index contributed by atoms with van der Waals surface area (Å²) in [5.74, 6) is -1.96. The average Bonchev–Trinajstić information content (AvgIpc) is 2.41. The Hall–Kier alpha value is -2.40. The second-order valence-corrected chi connectivity index (χ2v) is 4.76. The van der Waals surface area contributed by atoms with Crippen LogP contribution in [0.25, 0.3) is 0 Å². The fourth-order valence-corrected chi connectivity index (χ4v) is 1.95. The Morgan fingerprint density at radius 1 is 1.19 bits per heavy atom. The molecule has 4 nitrogen and oxygen atoms in total. The normalized spacial score (nSPS) is 10.2. The topological polar surface area (TPSA) is 66.4 Å². The highest BCUT2D eigenvalue weighted by atomic mass is 35.5. The van der Waals surface area contributed by atoms with E-state index in [9.17, 15) is 14.0 Å². The van der Waals surface area contributed by atoms with Gasteiger partial charge in [-0.15, -0.1) is 0 Å². The highest BCUT2D eigenvalue weighted by molar-refractivity contribution is 6.33. The summed E-state index contributed by atoms with van der Waals surface area (Å²) in [6, 6.07) is 9.68. The number of rotatable bonds is 4. The summed E-state index contributed by atoms with van der Waals surface area (Å²) in [4.78, 5) is 22.8. The molecule has 1 amide bonds. The molecule has 0 saturated carbocycles. The third-order valence-electron chi connectivity index (χ3n) is 2.74. The van der Waals surface area contributed by atoms with Crippen molar-refractivity contribution >= 4 is 29.2 Å². The van der Waals surface area contributed by atoms with Gasteiger partial charge in [0.25, 0.3) is 0 Å². The fourth-order valence-electron chi connectivity index (χ4n) is 1.78. The van der Waals surface area contributed by atoms with Gasteiger partial charge in [0.05, 0.1) is 22.7 Å². The molecule has 0 aliphatic heterocycles. The zero-order valence-corrected chi connectivity index (χ0v) is 11.5. The number of benzene rings is 2. The SMILES string of the molecule is O=C(Cc1cccc(F)c1)Nc1cc(C(=O)O)ccc1Cl. The van der Waals surface area contributed by atoms with E-state index in [1.165, 1.54) is 36.4 Å². The van der Waals surface area contributed by atoms with Gasteiger partial charge < -0.3 is 10.4 Å². The molecule has 0 heterocycles. The zero-order chi connectivity index (χ0) is 15.4. The minimum atomic E-state index is -1.12. The van der Waals surface area contributed by atoms with E-state index in [0.29, 0.717) is 5.56 Å². The van der Waals surface area contributed by atoms with Gasteiger partial charge in [-0.3, -0.25) is 4.79 Å². The van der Waals surface area contributed by atoms with Gasteiger partial charge in [-0.2, -0.15) is 0 Å². The Morgan fingerprint density at radius 3 is 2.62 bits per heavy atom. The number of halogens is 2. The third kappa shape index (κ3) is 4.03. The second kappa shape index (κ2) is 6.37. The number of carbonyl (C=O) groups is 2. The monoisotopic (exact) mass is 307 g/mol. The quantitative estimate of drug-likeness (QED) is 0.910. The van der Waals surface area contributed by atoms with Crippen LogP contribution in [0.15, 0.2) is 42.5 Å². The van der Waals surface area contributed by atoms with Crippen LogP contribution in [0.1, 0.15) is 15.9 Å². The van der Waals surface area contributed by atoms with Crippen LogP contribution in [0.2, 0.25) is 5.02 Å². The molecule has 0 bridgehead atoms. The highest BCUT2D eigenvalue weighted by Gasteiger charge is 2.11. The molecule has 2 aromatic carbocycles. The molecule has 21 heavy (non-hydrogen) atoms. The highest BCUT2D eigenvalue weighted by Crippen LogP contribution is 2.23. The molecule has 0 spiro atoms. The summed E-state index contributed by atoms with van der Waals surface area (Å²) in [5, 5.41) is 11.6. The first kappa shape index (κ1) is 15.0. The number of carboxylic acid groups (broad SMARTS) is 1. The number of anilines is 1. The van der Waals surface area contributed by atoms with Crippen LogP contribution in [-0.2, 0) is 11.2 Å². The van der Waals surface area contributed by atoms with Crippen molar-refractivity contribution in [2.75, 3.05) is 5.32 Å². The summed E-state index contributed by atoms with van der Waals surface area (Å²) in [6.45, 7) is 0. The smallest absolute Gasteiger partial charge is 0.335 e. The molecule has 0 unspecified atom stereocenters. The molecule has 0 radical (unpaired) electrons. The van der Waals surface area contributed by atoms with Gasteiger partial charge in [-0.1, -0.05) is 23.7 Å². The standard InChI is InChI=1S/C15H11ClFNO3/c16-12-5-4-10(15(20)21)8-13(12)18-14(19)7-9-2-1-3-11(17)6-9/h1-6,8H,7H2,(H,18,19)(H,20,21). The van der Waals surface area contributed by atoms with E-state index in [1.807, 2.05) is 0 Å². The Morgan fingerprint density at radius 2 is 1.95 bits per heavy atom. The van der Waals surface area contributed by atoms with E-state index < -0.39 is 17.7 Å². The van der Waals surface area contributed by atoms with E-state index >= 15 is 0 Å². The first-order valence-corrected chi connectivity index (χ1v) is 6.40. The summed E-state index contributed by atoms with van der Waals surface area (Å²) >= 11 is 5.91. The van der Waals surface area contributed by atoms with Crippen molar-refractivity contribution in [2.45, 2.75) is 6.42 Å². The number of hydrogen-bond donors (Lipinski definition) is 2. The zero-order valence-electron chi connectivity index (χ0n) is 10.8. The lowest BCUT2D eigenvalue weighted by Gasteiger charge is -2.08. The Kier molecular flexibility index (Phi) is 4.55. The number of amides is 1. The predicted molar refractivity (Wildman–Crippen MR) is 77.1 cm³/mol. The summed E-state index contributed by atoms with van der Waals surface area (Å²) in [5.41, 5.74) is 0.733. The number of nitrogens with one attached hydrogen (secondary N) is 1. The molecule has 0 aromatic heterocycles. The van der Waals surface area contributed by atoms with Crippen LogP contribution in [-0.4, -0.2) is 17.0 Å². The van der Waals surface area contributed by atoms with E-state index in [4.69, 9.17) is 16.7 Å². The van der Waals surface area contributed by atoms with Gasteiger partial charge in [0.1, 0.15) is 5.82 Å². The summed E-state index contributed by atoms with van der Waals surface area (Å²) < 4.78 is 13.0. The van der Waals surface area contributed by atoms with E-state index in [2.05, 4.69) is 5.32 Å². The van der Waals surface area contributed by atoms with E-state index in [-0.39, 0.29) is 22.7 Å². The Bertz CT molecular complexity index is 703. The largest absolute Gasteiger partial charge is 0.478 e. The molecule has 0 saturated heterocycles. The Labute approximate surface area is 125 Å². The van der Waals surface area contributed by atoms with Crippen LogP contribution in [0.4, 0.5) is 10.1 Å². The first-order chi connectivity index (χ1) is 9.95. The lowest BCUT2D eigenvalue weighted by Crippen LogP contribution is -2.15. The van der Waals surface area contributed by atoms with Gasteiger partial charge in [-0.05, 0) is 35.9 Å². The van der Waals surface area contributed by atoms with Crippen LogP contribution in [0.3, 0.4) is 0 Å². The van der Waals surface area contributed by atoms with E-state index in [0.717, 1.165) is 0 Å². The molecule has 2 rings (SSSR count). The Balaban J connectivity index is 2.12. The van der Waals surface area contributed by atoms with Gasteiger partial charge in [0, 0.05) is 0 Å². The van der Waals surface area contributed by atoms with Crippen molar-refractivity contribution in [3.8, 4) is 0 Å². The first-order valence-electron chi connectivity index (χ1n) is 6.03. The van der Waals surface area contributed by atoms with Crippen molar-refractivity contribution < 1.29 is 19.1 Å². The second-order valence-electron chi connectivity index (χ2n) is 4.35. The van der Waals surface area contributed by atoms with Crippen LogP contribution in [0, 0.1) is 5.82 Å². The number of aromatic carboxylic acids is 1. The van der Waals surface area contributed by atoms with Crippen molar-refractivity contribution in [3.63, 3.8) is 0 Å². The number of hydrogen-bond acceptors (Lipinski definition) is 2. The van der Waals surface area contributed by atoms with Crippen molar-refractivity contribution in [2.24, 2.45) is 0 Å². The summed E-state index contributed by atoms with van der Waals surface area (Å²) in [6.07, 6.45) is -0.0363. The average molecular weight is 308 g/mol. The van der Waals surface area contributed by atoms with Gasteiger partial charge in [0.15, 0.2) is 0 Å². The van der Waals surface area contributed by atoms with Crippen LogP contribution in [0.5, 0.6) is 0 Å². The maximum atomic E-state index is 13.0. The van der Waals surface area contributed by atoms with Crippen molar-refractivity contribution in [1.29, 1.82) is 0 Å². The van der Waals surface area contributed by atoms with Gasteiger partial charge in [-0.25, -0.2) is 9.18 Å². The molecule has 0 fully saturated rings. The molecule has 6 heteroatoms. The van der Waals surface area contributed by atoms with Crippen LogP contribution >= 0.6 is 11.6 Å². The lowest BCUT2D eigenvalue weighted by atomic mass is 10.1. The molecule has 0 atom stereocenters. The van der Waals surface area contributed by atoms with Crippen molar-refractivity contribution in [3.05, 3.63) is 64.4 Å². The predicted octanol–water partition coefficient (Wildman–Crippen LogP) is 3.36. The van der Waals surface area contributed by atoms with E-state index in [1.54, 1.807) is 6.07 Å². The molecule has 2 N–H and O–H groups in total. The minimum Gasteiger partial charge on any atom is -0.478 e. The molecule has 108 valence electrons. The molecule has 0 aliphatic rings. The van der Waals surface area contributed by atoms with Crippen LogP contribution < -0.4 is 5.32 Å². The minimum absolute atomic E-state index is 0.0143. The molecular weight excluding hydrogens is 297 g/mol. The third-order valence-corrected chi connectivity index (χ3v) is 3.07. The van der Waals surface area contributed by atoms with Gasteiger partial charge in [0.2, 0.25) is 5.91 Å². The summed E-state index contributed by atoms with van der Waals surface area (Å²) in [7, 11) is 0. The molecule has 2 aromatic rings. The number of carbonyl (C=O) groups excluding carboxylic acids is 1. The maximum Gasteiger partial charge on any atom is 0.335 e. The van der Waals surface area contributed by atoms with Gasteiger partial charge >= 0.3 is 5.97 Å². The fraction of sp³-hybridized carbons (Fsp3) is 0.0667. The van der Waals surface area contributed by atoms with Crippen molar-refractivity contribution in [1.82, 2.24) is 0 Å². The lowest BCUT2D eigenvalue weighted by molar-refractivity contribution is -0.115. The molecule has 0 aliphatic carbocycles.